The molecular weight excluding hydrogens is 716 g/mol. The highest BCUT2D eigenvalue weighted by atomic mass is 16.7. The SMILES string of the molecule is CC[C@@H]1/C=C/C=C/C[C@H](C)[C@@H](O)C(C)(O)C(=O)[C@H](C)[C@@H](O)[C@H](C)C(=O)[C@H](C)[C@@H](O)[C@H](C)/C=C/C(=O)OC2[C@@H](C)C(CC1)O[C@@]1(CCC[C@@H](C[C@H](C)O)O1)[C@@H]2CC. The van der Waals surface area contributed by atoms with Gasteiger partial charge in [0.15, 0.2) is 11.6 Å². The van der Waals surface area contributed by atoms with E-state index in [2.05, 4.69) is 19.9 Å². The number of esters is 1. The summed E-state index contributed by atoms with van der Waals surface area (Å²) in [7, 11) is 0. The van der Waals surface area contributed by atoms with Crippen LogP contribution in [0, 0.1) is 47.3 Å². The molecule has 2 bridgehead atoms. The van der Waals surface area contributed by atoms with Gasteiger partial charge in [0.05, 0.1) is 42.5 Å². The fourth-order valence-corrected chi connectivity index (χ4v) is 9.23. The summed E-state index contributed by atoms with van der Waals surface area (Å²) < 4.78 is 20.1. The predicted molar refractivity (Wildman–Crippen MR) is 215 cm³/mol. The standard InChI is InChI=1S/C45H74O11/c1-11-33-18-15-13-14-17-27(4)42(51)44(10,53)43(52)32(9)40(50)31(8)39(49)30(7)38(48)26(3)20-23-37(47)54-41-29(6)36(22-21-33)56-45(35(41)12-2)24-16-19-34(55-45)25-28(5)46/h13-15,18,20,23,26-36,38,40-42,46,48,50-51,53H,11-12,16-17,19,21-22,24-25H2,1-10H3/b14-13+,18-15+,23-20+/t26-,27+,28+,29+,30-,31-,32-,33-,34+,35-,36?,38+,40+,41?,42-,44?,45+/m1/s1. The van der Waals surface area contributed by atoms with Gasteiger partial charge in [-0.3, -0.25) is 9.59 Å². The van der Waals surface area contributed by atoms with Gasteiger partial charge in [0.1, 0.15) is 17.5 Å². The van der Waals surface area contributed by atoms with Crippen LogP contribution in [0.1, 0.15) is 127 Å². The molecule has 5 N–H and O–H groups in total. The highest BCUT2D eigenvalue weighted by Gasteiger charge is 2.56. The minimum atomic E-state index is -2.18. The molecule has 0 radical (unpaired) electrons. The Labute approximate surface area is 336 Å². The maximum absolute atomic E-state index is 13.6. The second-order valence-electron chi connectivity index (χ2n) is 17.7. The van der Waals surface area contributed by atoms with Crippen LogP contribution in [0.2, 0.25) is 0 Å². The molecule has 3 unspecified atom stereocenters. The van der Waals surface area contributed by atoms with E-state index in [1.54, 1.807) is 20.8 Å². The summed E-state index contributed by atoms with van der Waals surface area (Å²) in [6.07, 6.45) is 11.3. The first-order chi connectivity index (χ1) is 26.2. The number of carbonyl (C=O) groups excluding carboxylic acids is 3. The van der Waals surface area contributed by atoms with Crippen molar-refractivity contribution in [3.8, 4) is 0 Å². The predicted octanol–water partition coefficient (Wildman–Crippen LogP) is 6.03. The minimum Gasteiger partial charge on any atom is -0.458 e. The third-order valence-electron chi connectivity index (χ3n) is 13.2. The number of ketones is 2. The molecule has 0 saturated carbocycles. The molecule has 3 aliphatic rings. The van der Waals surface area contributed by atoms with Crippen molar-refractivity contribution < 1.29 is 54.1 Å². The topological polar surface area (TPSA) is 180 Å². The first-order valence-electron chi connectivity index (χ1n) is 21.3. The van der Waals surface area contributed by atoms with Crippen LogP contribution in [0.15, 0.2) is 36.5 Å². The maximum atomic E-state index is 13.6. The van der Waals surface area contributed by atoms with E-state index in [0.717, 1.165) is 25.7 Å². The number of Topliss-reactive ketones (excluding diaryl/α,β-unsaturated/α-hetero) is 2. The van der Waals surface area contributed by atoms with Gasteiger partial charge in [-0.25, -0.2) is 4.79 Å². The number of aliphatic hydroxyl groups is 5. The quantitative estimate of drug-likeness (QED) is 0.210. The molecule has 1 spiro atoms. The highest BCUT2D eigenvalue weighted by Crippen LogP contribution is 2.49. The number of ether oxygens (including phenoxy) is 3. The molecule has 11 heteroatoms. The fraction of sp³-hybridized carbons (Fsp3) is 0.800. The molecular formula is C45H74O11. The molecule has 0 aliphatic carbocycles. The van der Waals surface area contributed by atoms with Gasteiger partial charge in [0, 0.05) is 42.1 Å². The van der Waals surface area contributed by atoms with Crippen molar-refractivity contribution >= 4 is 17.5 Å². The van der Waals surface area contributed by atoms with Gasteiger partial charge in [0.25, 0.3) is 0 Å². The molecule has 320 valence electrons. The zero-order valence-corrected chi connectivity index (χ0v) is 35.7. The molecule has 17 atom stereocenters. The average Bonchev–Trinajstić information content (AvgIpc) is 3.16. The van der Waals surface area contributed by atoms with Crippen molar-refractivity contribution in [2.24, 2.45) is 47.3 Å². The smallest absolute Gasteiger partial charge is 0.330 e. The van der Waals surface area contributed by atoms with Gasteiger partial charge in [-0.05, 0) is 77.0 Å². The van der Waals surface area contributed by atoms with Gasteiger partial charge in [-0.1, -0.05) is 85.8 Å². The van der Waals surface area contributed by atoms with Crippen molar-refractivity contribution in [1.82, 2.24) is 0 Å². The van der Waals surface area contributed by atoms with Crippen LogP contribution in [0.3, 0.4) is 0 Å². The van der Waals surface area contributed by atoms with Gasteiger partial charge >= 0.3 is 5.97 Å². The Morgan fingerprint density at radius 1 is 0.857 bits per heavy atom. The Balaban J connectivity index is 2.00. The molecule has 0 amide bonds. The molecule has 11 nitrogen and oxygen atoms in total. The van der Waals surface area contributed by atoms with Crippen molar-refractivity contribution in [1.29, 1.82) is 0 Å². The van der Waals surface area contributed by atoms with E-state index in [-0.39, 0.29) is 30.0 Å². The lowest BCUT2D eigenvalue weighted by atomic mass is 9.74. The van der Waals surface area contributed by atoms with Crippen LogP contribution in [-0.2, 0) is 28.6 Å². The van der Waals surface area contributed by atoms with Crippen molar-refractivity contribution in [3.63, 3.8) is 0 Å². The Kier molecular flexibility index (Phi) is 18.2. The van der Waals surface area contributed by atoms with Crippen LogP contribution in [0.5, 0.6) is 0 Å². The maximum Gasteiger partial charge on any atom is 0.330 e. The normalized spacial score (nSPS) is 45.4. The lowest BCUT2D eigenvalue weighted by Crippen LogP contribution is -2.62. The molecule has 2 saturated heterocycles. The molecule has 3 aliphatic heterocycles. The number of fused-ring (bicyclic) bond motifs is 2. The van der Waals surface area contributed by atoms with Crippen LogP contribution in [0.4, 0.5) is 0 Å². The summed E-state index contributed by atoms with van der Waals surface area (Å²) in [6.45, 7) is 17.1. The molecule has 0 aromatic carbocycles. The van der Waals surface area contributed by atoms with E-state index in [0.29, 0.717) is 32.1 Å². The lowest BCUT2D eigenvalue weighted by molar-refractivity contribution is -0.368. The molecule has 0 aromatic rings. The largest absolute Gasteiger partial charge is 0.458 e. The Morgan fingerprint density at radius 3 is 2.14 bits per heavy atom. The third kappa shape index (κ3) is 11.7. The van der Waals surface area contributed by atoms with E-state index < -0.39 is 89.0 Å². The van der Waals surface area contributed by atoms with Crippen LogP contribution < -0.4 is 0 Å². The van der Waals surface area contributed by atoms with Gasteiger partial charge < -0.3 is 39.7 Å². The highest BCUT2D eigenvalue weighted by molar-refractivity contribution is 5.91. The number of rotatable bonds is 4. The fourth-order valence-electron chi connectivity index (χ4n) is 9.23. The number of hydrogen-bond acceptors (Lipinski definition) is 11. The Bertz CT molecular complexity index is 1370. The summed E-state index contributed by atoms with van der Waals surface area (Å²) in [5.41, 5.74) is -2.18. The van der Waals surface area contributed by atoms with Crippen molar-refractivity contribution in [2.75, 3.05) is 0 Å². The third-order valence-corrected chi connectivity index (χ3v) is 13.2. The summed E-state index contributed by atoms with van der Waals surface area (Å²) >= 11 is 0. The molecule has 3 heterocycles. The van der Waals surface area contributed by atoms with Gasteiger partial charge in [-0.15, -0.1) is 0 Å². The minimum absolute atomic E-state index is 0.156. The van der Waals surface area contributed by atoms with E-state index in [4.69, 9.17) is 14.2 Å². The molecule has 3 rings (SSSR count). The molecule has 0 aromatic heterocycles. The van der Waals surface area contributed by atoms with Crippen LogP contribution in [0.25, 0.3) is 0 Å². The zero-order valence-electron chi connectivity index (χ0n) is 35.7. The van der Waals surface area contributed by atoms with Crippen molar-refractivity contribution in [2.45, 2.75) is 181 Å². The van der Waals surface area contributed by atoms with Gasteiger partial charge in [0.2, 0.25) is 0 Å². The number of hydrogen-bond donors (Lipinski definition) is 5. The van der Waals surface area contributed by atoms with E-state index in [9.17, 15) is 39.9 Å². The second kappa shape index (κ2) is 21.1. The van der Waals surface area contributed by atoms with E-state index >= 15 is 0 Å². The van der Waals surface area contributed by atoms with E-state index in [1.165, 1.54) is 39.8 Å². The zero-order chi connectivity index (χ0) is 42.1. The first kappa shape index (κ1) is 48.1. The number of allylic oxidation sites excluding steroid dienone is 4. The van der Waals surface area contributed by atoms with Crippen molar-refractivity contribution in [3.05, 3.63) is 36.5 Å². The van der Waals surface area contributed by atoms with Crippen LogP contribution >= 0.6 is 0 Å². The summed E-state index contributed by atoms with van der Waals surface area (Å²) in [6, 6.07) is 0. The Hall–Kier alpha value is -2.25. The molecule has 2 fully saturated rings. The second-order valence-corrected chi connectivity index (χ2v) is 17.7. The number of carbonyl (C=O) groups is 3. The van der Waals surface area contributed by atoms with E-state index in [1.807, 2.05) is 25.2 Å². The first-order valence-corrected chi connectivity index (χ1v) is 21.3. The summed E-state index contributed by atoms with van der Waals surface area (Å²) in [5, 5.41) is 55.0. The van der Waals surface area contributed by atoms with Gasteiger partial charge in [-0.2, -0.15) is 0 Å². The number of aliphatic hydroxyl groups excluding tert-OH is 4. The molecule has 56 heavy (non-hydrogen) atoms. The summed E-state index contributed by atoms with van der Waals surface area (Å²) in [4.78, 5) is 40.6. The lowest BCUT2D eigenvalue weighted by Gasteiger charge is -2.55. The van der Waals surface area contributed by atoms with Crippen LogP contribution in [-0.4, -0.2) is 97.2 Å². The summed E-state index contributed by atoms with van der Waals surface area (Å²) in [5.74, 6) is -7.37. The average molecular weight is 791 g/mol. The Morgan fingerprint density at radius 2 is 1.52 bits per heavy atom. The monoisotopic (exact) mass is 791 g/mol.